The summed E-state index contributed by atoms with van der Waals surface area (Å²) in [5.74, 6) is -0.101. The maximum Gasteiger partial charge on any atom is 0.317 e. The molecule has 156 valence electrons. The van der Waals surface area contributed by atoms with Crippen molar-refractivity contribution in [2.75, 3.05) is 31.5 Å². The minimum Gasteiger partial charge on any atom is -0.352 e. The molecule has 3 aromatic rings. The largest absolute Gasteiger partial charge is 0.352 e. The van der Waals surface area contributed by atoms with Crippen molar-refractivity contribution in [3.63, 3.8) is 0 Å². The maximum absolute atomic E-state index is 13.1. The van der Waals surface area contributed by atoms with Crippen molar-refractivity contribution in [2.24, 2.45) is 0 Å². The maximum atomic E-state index is 13.1. The van der Waals surface area contributed by atoms with Gasteiger partial charge in [-0.1, -0.05) is 0 Å². The van der Waals surface area contributed by atoms with E-state index in [4.69, 9.17) is 0 Å². The molecule has 0 atom stereocenters. The van der Waals surface area contributed by atoms with Crippen molar-refractivity contribution < 1.29 is 17.6 Å². The zero-order valence-electron chi connectivity index (χ0n) is 15.7. The van der Waals surface area contributed by atoms with Crippen molar-refractivity contribution in [3.05, 3.63) is 54.5 Å². The van der Waals surface area contributed by atoms with Crippen molar-refractivity contribution >= 4 is 33.2 Å². The molecule has 1 aliphatic rings. The fourth-order valence-electron chi connectivity index (χ4n) is 2.94. The van der Waals surface area contributed by atoms with Gasteiger partial charge < -0.3 is 15.5 Å². The van der Waals surface area contributed by atoms with Gasteiger partial charge in [0.15, 0.2) is 0 Å². The summed E-state index contributed by atoms with van der Waals surface area (Å²) < 4.78 is 38.8. The van der Waals surface area contributed by atoms with E-state index in [1.807, 2.05) is 0 Å². The molecule has 1 aliphatic heterocycles. The number of urea groups is 1. The molecule has 0 saturated carbocycles. The molecular formula is C19H18FN5O3S2. The predicted molar refractivity (Wildman–Crippen MR) is 111 cm³/mol. The van der Waals surface area contributed by atoms with Crippen LogP contribution >= 0.6 is 11.3 Å². The van der Waals surface area contributed by atoms with Gasteiger partial charge in [-0.15, -0.1) is 11.3 Å². The quantitative estimate of drug-likeness (QED) is 0.540. The topological polar surface area (TPSA) is 104 Å². The Labute approximate surface area is 176 Å². The first-order valence-electron chi connectivity index (χ1n) is 9.14. The summed E-state index contributed by atoms with van der Waals surface area (Å²) in [4.78, 5) is 22.5. The Morgan fingerprint density at radius 2 is 1.97 bits per heavy atom. The number of sulfone groups is 1. The summed E-state index contributed by atoms with van der Waals surface area (Å²) >= 11 is 1.08. The monoisotopic (exact) mass is 447 g/mol. The van der Waals surface area contributed by atoms with E-state index in [-0.39, 0.29) is 15.1 Å². The van der Waals surface area contributed by atoms with Crippen LogP contribution in [0.5, 0.6) is 0 Å². The number of benzene rings is 1. The van der Waals surface area contributed by atoms with Gasteiger partial charge in [-0.25, -0.2) is 27.6 Å². The lowest BCUT2D eigenvalue weighted by atomic mass is 10.3. The Morgan fingerprint density at radius 1 is 1.17 bits per heavy atom. The number of amides is 2. The lowest BCUT2D eigenvalue weighted by Gasteiger charge is -2.14. The van der Waals surface area contributed by atoms with E-state index in [0.717, 1.165) is 23.5 Å². The highest BCUT2D eigenvalue weighted by molar-refractivity contribution is 7.93. The van der Waals surface area contributed by atoms with Gasteiger partial charge in [0, 0.05) is 32.4 Å². The third-order valence-corrected chi connectivity index (χ3v) is 7.86. The molecule has 0 bridgehead atoms. The van der Waals surface area contributed by atoms with Crippen molar-refractivity contribution in [3.8, 4) is 10.6 Å². The molecule has 30 heavy (non-hydrogen) atoms. The Hall–Kier alpha value is -3.05. The summed E-state index contributed by atoms with van der Waals surface area (Å²) in [6.07, 6.45) is 1.58. The number of nitrogens with zero attached hydrogens (tertiary/aromatic N) is 3. The minimum absolute atomic E-state index is 0.0355. The molecule has 1 fully saturated rings. The predicted octanol–water partition coefficient (Wildman–Crippen LogP) is 2.61. The number of rotatable bonds is 7. The highest BCUT2D eigenvalue weighted by atomic mass is 32.2. The first-order valence-corrected chi connectivity index (χ1v) is 11.4. The zero-order valence-corrected chi connectivity index (χ0v) is 17.3. The average molecular weight is 448 g/mol. The fourth-order valence-corrected chi connectivity index (χ4v) is 5.62. The Morgan fingerprint density at radius 3 is 2.70 bits per heavy atom. The van der Waals surface area contributed by atoms with Crippen LogP contribution < -0.4 is 10.6 Å². The van der Waals surface area contributed by atoms with Crippen LogP contribution in [0.3, 0.4) is 0 Å². The van der Waals surface area contributed by atoms with Crippen LogP contribution in [0.25, 0.3) is 10.6 Å². The molecule has 1 saturated heterocycles. The number of carbonyl (C=O) groups is 1. The summed E-state index contributed by atoms with van der Waals surface area (Å²) in [5.41, 5.74) is 0.581. The number of nitrogens with one attached hydrogen (secondary N) is 2. The second kappa shape index (κ2) is 8.36. The third-order valence-electron chi connectivity index (χ3n) is 4.49. The summed E-state index contributed by atoms with van der Waals surface area (Å²) in [6, 6.07) is 9.54. The molecule has 3 heterocycles. The summed E-state index contributed by atoms with van der Waals surface area (Å²) in [7, 11) is -3.73. The van der Waals surface area contributed by atoms with Crippen LogP contribution in [0.2, 0.25) is 0 Å². The smallest absolute Gasteiger partial charge is 0.317 e. The molecule has 0 radical (unpaired) electrons. The summed E-state index contributed by atoms with van der Waals surface area (Å²) in [6.45, 7) is 2.33. The molecule has 0 spiro atoms. The van der Waals surface area contributed by atoms with E-state index in [2.05, 4.69) is 20.6 Å². The van der Waals surface area contributed by atoms with Gasteiger partial charge in [0.25, 0.3) is 0 Å². The average Bonchev–Trinajstić information content (AvgIpc) is 3.39. The summed E-state index contributed by atoms with van der Waals surface area (Å²) in [5, 5.41) is 5.82. The van der Waals surface area contributed by atoms with Crippen molar-refractivity contribution in [1.82, 2.24) is 20.2 Å². The molecule has 2 N–H and O–H groups in total. The van der Waals surface area contributed by atoms with Crippen LogP contribution in [0.15, 0.2) is 57.8 Å². The normalized spacial score (nSPS) is 14.0. The number of hydrogen-bond donors (Lipinski definition) is 2. The molecule has 0 aliphatic carbocycles. The van der Waals surface area contributed by atoms with Crippen molar-refractivity contribution in [1.29, 1.82) is 0 Å². The van der Waals surface area contributed by atoms with Crippen LogP contribution in [0, 0.1) is 5.82 Å². The lowest BCUT2D eigenvalue weighted by molar-refractivity contribution is 0.219. The van der Waals surface area contributed by atoms with E-state index in [1.54, 1.807) is 23.2 Å². The SMILES string of the molecule is O=C1NCCN1CCNc1nccc(-c2ccc(S(=O)(=O)c3ccc(F)cc3)s2)n1. The van der Waals surface area contributed by atoms with Crippen LogP contribution in [-0.2, 0) is 9.84 Å². The molecule has 8 nitrogen and oxygen atoms in total. The number of carbonyl (C=O) groups excluding carboxylic acids is 1. The van der Waals surface area contributed by atoms with Crippen molar-refractivity contribution in [2.45, 2.75) is 9.10 Å². The number of anilines is 1. The van der Waals surface area contributed by atoms with Gasteiger partial charge in [-0.05, 0) is 42.5 Å². The second-order valence-corrected chi connectivity index (χ2v) is 9.75. The molecule has 2 aromatic heterocycles. The molecule has 0 unspecified atom stereocenters. The van der Waals surface area contributed by atoms with Gasteiger partial charge in [0.1, 0.15) is 10.0 Å². The standard InChI is InChI=1S/C19H18FN5O3S2/c20-13-1-3-14(4-2-13)30(27,28)17-6-5-16(29-17)15-7-8-21-18(24-15)22-9-11-25-12-10-23-19(25)26/h1-8H,9-12H2,(H,23,26)(H,21,22,24). The van der Waals surface area contributed by atoms with Gasteiger partial charge in [0.2, 0.25) is 15.8 Å². The molecule has 4 rings (SSSR count). The zero-order chi connectivity index (χ0) is 21.1. The first-order chi connectivity index (χ1) is 14.4. The first kappa shape index (κ1) is 20.2. The highest BCUT2D eigenvalue weighted by Gasteiger charge is 2.21. The van der Waals surface area contributed by atoms with Gasteiger partial charge in [0.05, 0.1) is 15.5 Å². The minimum atomic E-state index is -3.73. The van der Waals surface area contributed by atoms with E-state index < -0.39 is 15.7 Å². The van der Waals surface area contributed by atoms with Crippen LogP contribution in [0.1, 0.15) is 0 Å². The number of aromatic nitrogens is 2. The van der Waals surface area contributed by atoms with E-state index in [0.29, 0.717) is 42.7 Å². The highest BCUT2D eigenvalue weighted by Crippen LogP contribution is 2.33. The van der Waals surface area contributed by atoms with Crippen LogP contribution in [-0.4, -0.2) is 55.5 Å². The van der Waals surface area contributed by atoms with E-state index in [9.17, 15) is 17.6 Å². The molecular weight excluding hydrogens is 429 g/mol. The Bertz CT molecular complexity index is 1160. The number of hydrogen-bond acceptors (Lipinski definition) is 7. The van der Waals surface area contributed by atoms with Gasteiger partial charge in [-0.2, -0.15) is 0 Å². The number of thiophene rings is 1. The van der Waals surface area contributed by atoms with Gasteiger partial charge >= 0.3 is 6.03 Å². The van der Waals surface area contributed by atoms with Crippen LogP contribution in [0.4, 0.5) is 15.1 Å². The van der Waals surface area contributed by atoms with E-state index >= 15 is 0 Å². The second-order valence-electron chi connectivity index (χ2n) is 6.49. The fraction of sp³-hybridized carbons (Fsp3) is 0.211. The molecule has 11 heteroatoms. The number of halogens is 1. The molecule has 1 aromatic carbocycles. The Kier molecular flexibility index (Phi) is 5.64. The van der Waals surface area contributed by atoms with E-state index in [1.165, 1.54) is 18.2 Å². The lowest BCUT2D eigenvalue weighted by Crippen LogP contribution is -2.32. The molecule has 2 amide bonds. The van der Waals surface area contributed by atoms with Gasteiger partial charge in [-0.3, -0.25) is 0 Å². The third kappa shape index (κ3) is 4.26. The Balaban J connectivity index is 1.47.